The van der Waals surface area contributed by atoms with Crippen molar-refractivity contribution >= 4 is 17.8 Å². The van der Waals surface area contributed by atoms with Crippen molar-refractivity contribution in [2.45, 2.75) is 45.6 Å². The summed E-state index contributed by atoms with van der Waals surface area (Å²) in [4.78, 5) is 36.5. The van der Waals surface area contributed by atoms with Gasteiger partial charge in [0.15, 0.2) is 0 Å². The van der Waals surface area contributed by atoms with Crippen molar-refractivity contribution in [3.63, 3.8) is 0 Å². The Balaban J connectivity index is 2.27. The third-order valence-corrected chi connectivity index (χ3v) is 3.45. The highest BCUT2D eigenvalue weighted by Crippen LogP contribution is 2.30. The molecule has 4 amide bonds. The summed E-state index contributed by atoms with van der Waals surface area (Å²) in [6.07, 6.45) is 3.78. The zero-order valence-corrected chi connectivity index (χ0v) is 9.58. The molecule has 2 rings (SSSR count). The lowest BCUT2D eigenvalue weighted by Gasteiger charge is -2.37. The average Bonchev–Trinajstić information content (AvgIpc) is 2.69. The van der Waals surface area contributed by atoms with Gasteiger partial charge in [-0.3, -0.25) is 19.8 Å². The van der Waals surface area contributed by atoms with Crippen molar-refractivity contribution in [2.24, 2.45) is 5.41 Å². The van der Waals surface area contributed by atoms with Crippen molar-refractivity contribution in [3.05, 3.63) is 0 Å². The lowest BCUT2D eigenvalue weighted by atomic mass is 9.88. The molecule has 1 aliphatic carbocycles. The first-order valence-corrected chi connectivity index (χ1v) is 5.63. The second kappa shape index (κ2) is 3.57. The highest BCUT2D eigenvalue weighted by atomic mass is 16.2. The normalized spacial score (nSPS) is 26.1. The third kappa shape index (κ3) is 1.50. The van der Waals surface area contributed by atoms with Crippen LogP contribution in [0.15, 0.2) is 0 Å². The molecule has 0 aromatic heterocycles. The fraction of sp³-hybridized carbons (Fsp3) is 0.727. The van der Waals surface area contributed by atoms with Crippen LogP contribution in [0.2, 0.25) is 0 Å². The molecule has 2 aliphatic rings. The molecular weight excluding hydrogens is 208 g/mol. The fourth-order valence-electron chi connectivity index (χ4n) is 2.30. The van der Waals surface area contributed by atoms with E-state index < -0.39 is 17.4 Å². The van der Waals surface area contributed by atoms with Gasteiger partial charge in [0.25, 0.3) is 0 Å². The zero-order valence-electron chi connectivity index (χ0n) is 9.58. The molecule has 5 heteroatoms. The molecule has 0 spiro atoms. The van der Waals surface area contributed by atoms with Crippen LogP contribution in [0.1, 0.15) is 39.5 Å². The Bertz CT molecular complexity index is 356. The number of carbonyl (C=O) groups excluding carboxylic acids is 3. The number of urea groups is 1. The van der Waals surface area contributed by atoms with Crippen molar-refractivity contribution in [1.82, 2.24) is 10.2 Å². The summed E-state index contributed by atoms with van der Waals surface area (Å²) in [5.41, 5.74) is -1.13. The molecule has 0 aromatic rings. The van der Waals surface area contributed by atoms with Gasteiger partial charge in [0, 0.05) is 6.04 Å². The summed E-state index contributed by atoms with van der Waals surface area (Å²) in [7, 11) is 0. The number of rotatable bonds is 1. The van der Waals surface area contributed by atoms with Crippen LogP contribution in [-0.4, -0.2) is 28.8 Å². The maximum absolute atomic E-state index is 12.1. The molecule has 0 atom stereocenters. The molecule has 1 N–H and O–H groups in total. The predicted octanol–water partition coefficient (Wildman–Crippen LogP) is 1.03. The Labute approximate surface area is 94.2 Å². The number of nitrogens with zero attached hydrogens (tertiary/aromatic N) is 1. The van der Waals surface area contributed by atoms with Gasteiger partial charge in [-0.25, -0.2) is 4.79 Å². The van der Waals surface area contributed by atoms with E-state index in [-0.39, 0.29) is 11.9 Å². The Morgan fingerprint density at radius 2 is 1.75 bits per heavy atom. The highest BCUT2D eigenvalue weighted by molar-refractivity contribution is 6.18. The summed E-state index contributed by atoms with van der Waals surface area (Å²) in [6, 6.07) is -0.582. The quantitative estimate of drug-likeness (QED) is 0.676. The molecule has 0 bridgehead atoms. The average molecular weight is 224 g/mol. The largest absolute Gasteiger partial charge is 0.331 e. The van der Waals surface area contributed by atoms with Gasteiger partial charge in [0.1, 0.15) is 5.41 Å². The Kier molecular flexibility index (Phi) is 2.48. The molecule has 0 aromatic carbocycles. The van der Waals surface area contributed by atoms with Crippen molar-refractivity contribution < 1.29 is 14.4 Å². The number of barbiturate groups is 1. The lowest BCUT2D eigenvalue weighted by Crippen LogP contribution is -2.64. The summed E-state index contributed by atoms with van der Waals surface area (Å²) < 4.78 is 0. The third-order valence-electron chi connectivity index (χ3n) is 3.45. The first-order valence-electron chi connectivity index (χ1n) is 5.63. The Morgan fingerprint density at radius 3 is 2.31 bits per heavy atom. The number of hydrogen-bond acceptors (Lipinski definition) is 3. The van der Waals surface area contributed by atoms with E-state index in [1.807, 2.05) is 0 Å². The van der Waals surface area contributed by atoms with Gasteiger partial charge >= 0.3 is 6.03 Å². The van der Waals surface area contributed by atoms with Crippen LogP contribution in [0.3, 0.4) is 0 Å². The van der Waals surface area contributed by atoms with Gasteiger partial charge in [-0.2, -0.15) is 0 Å². The first kappa shape index (κ1) is 11.1. The van der Waals surface area contributed by atoms with E-state index in [0.717, 1.165) is 25.7 Å². The number of imide groups is 2. The molecule has 1 heterocycles. The van der Waals surface area contributed by atoms with Crippen molar-refractivity contribution in [1.29, 1.82) is 0 Å². The van der Waals surface area contributed by atoms with E-state index in [9.17, 15) is 14.4 Å². The van der Waals surface area contributed by atoms with Gasteiger partial charge in [-0.1, -0.05) is 12.8 Å². The zero-order chi connectivity index (χ0) is 11.9. The smallest absolute Gasteiger partial charge is 0.277 e. The maximum atomic E-state index is 12.1. The van der Waals surface area contributed by atoms with Gasteiger partial charge in [0.05, 0.1) is 0 Å². The highest BCUT2D eigenvalue weighted by Gasteiger charge is 2.49. The molecule has 5 nitrogen and oxygen atoms in total. The number of amides is 4. The minimum absolute atomic E-state index is 0.0279. The standard InChI is InChI=1S/C11H16N2O3/c1-11(2)8(14)12-10(16)13(9(11)15)7-5-3-4-6-7/h7H,3-6H2,1-2H3,(H,12,14,16). The Morgan fingerprint density at radius 1 is 1.19 bits per heavy atom. The van der Waals surface area contributed by atoms with E-state index >= 15 is 0 Å². The summed E-state index contributed by atoms with van der Waals surface area (Å²) >= 11 is 0. The molecule has 88 valence electrons. The molecule has 2 fully saturated rings. The molecule has 1 saturated carbocycles. The van der Waals surface area contributed by atoms with Crippen LogP contribution in [0, 0.1) is 5.41 Å². The number of nitrogens with one attached hydrogen (secondary N) is 1. The second-order valence-corrected chi connectivity index (χ2v) is 5.00. The van der Waals surface area contributed by atoms with Crippen LogP contribution in [-0.2, 0) is 9.59 Å². The minimum atomic E-state index is -1.13. The van der Waals surface area contributed by atoms with E-state index in [1.54, 1.807) is 13.8 Å². The van der Waals surface area contributed by atoms with Crippen LogP contribution < -0.4 is 5.32 Å². The van der Waals surface area contributed by atoms with Crippen LogP contribution in [0.5, 0.6) is 0 Å². The van der Waals surface area contributed by atoms with Gasteiger partial charge in [-0.15, -0.1) is 0 Å². The van der Waals surface area contributed by atoms with Gasteiger partial charge in [-0.05, 0) is 26.7 Å². The topological polar surface area (TPSA) is 66.5 Å². The van der Waals surface area contributed by atoms with Crippen LogP contribution in [0.25, 0.3) is 0 Å². The molecule has 0 unspecified atom stereocenters. The van der Waals surface area contributed by atoms with E-state index in [4.69, 9.17) is 0 Å². The fourth-order valence-corrected chi connectivity index (χ4v) is 2.30. The van der Waals surface area contributed by atoms with Crippen LogP contribution >= 0.6 is 0 Å². The summed E-state index contributed by atoms with van der Waals surface area (Å²) in [5.74, 6) is -0.870. The second-order valence-electron chi connectivity index (χ2n) is 5.00. The maximum Gasteiger partial charge on any atom is 0.331 e. The number of hydrogen-bond donors (Lipinski definition) is 1. The molecule has 0 radical (unpaired) electrons. The van der Waals surface area contributed by atoms with Gasteiger partial charge < -0.3 is 0 Å². The molecule has 1 aliphatic heterocycles. The SMILES string of the molecule is CC1(C)C(=O)NC(=O)N(C2CCCC2)C1=O. The van der Waals surface area contributed by atoms with E-state index in [2.05, 4.69) is 5.32 Å². The summed E-state index contributed by atoms with van der Waals surface area (Å²) in [6.45, 7) is 3.11. The molecule has 16 heavy (non-hydrogen) atoms. The van der Waals surface area contributed by atoms with Crippen molar-refractivity contribution in [2.75, 3.05) is 0 Å². The van der Waals surface area contributed by atoms with E-state index in [1.165, 1.54) is 4.90 Å². The predicted molar refractivity (Wildman–Crippen MR) is 56.4 cm³/mol. The van der Waals surface area contributed by atoms with E-state index in [0.29, 0.717) is 0 Å². The van der Waals surface area contributed by atoms with Crippen molar-refractivity contribution in [3.8, 4) is 0 Å². The molecular formula is C11H16N2O3. The van der Waals surface area contributed by atoms with Crippen LogP contribution in [0.4, 0.5) is 4.79 Å². The lowest BCUT2D eigenvalue weighted by molar-refractivity contribution is -0.150. The molecule has 1 saturated heterocycles. The van der Waals surface area contributed by atoms with Gasteiger partial charge in [0.2, 0.25) is 11.8 Å². The number of carbonyl (C=O) groups is 3. The summed E-state index contributed by atoms with van der Waals surface area (Å²) in [5, 5.41) is 2.25. The monoisotopic (exact) mass is 224 g/mol. The Hall–Kier alpha value is -1.39. The first-order chi connectivity index (χ1) is 7.44. The minimum Gasteiger partial charge on any atom is -0.277 e.